The lowest BCUT2D eigenvalue weighted by Gasteiger charge is -2.00. The molecule has 0 fully saturated rings. The number of pyridine rings is 1. The molecule has 106 valence electrons. The molecule has 0 N–H and O–H groups in total. The van der Waals surface area contributed by atoms with Crippen LogP contribution in [0.5, 0.6) is 0 Å². The summed E-state index contributed by atoms with van der Waals surface area (Å²) in [5.74, 6) is 0.211. The molecule has 0 radical (unpaired) electrons. The number of Topliss-reactive ketones (excluding diaryl/α,β-unsaturated/α-hetero) is 1. The summed E-state index contributed by atoms with van der Waals surface area (Å²) in [5.41, 5.74) is 3.02. The summed E-state index contributed by atoms with van der Waals surface area (Å²) >= 11 is 0. The number of benzene rings is 1. The molecule has 4 heteroatoms. The molecule has 3 aromatic rings. The predicted molar refractivity (Wildman–Crippen MR) is 82.0 cm³/mol. The quantitative estimate of drug-likeness (QED) is 0.721. The molecule has 0 saturated carbocycles. The Labute approximate surface area is 123 Å². The summed E-state index contributed by atoms with van der Waals surface area (Å²) in [6.07, 6.45) is 5.20. The van der Waals surface area contributed by atoms with Gasteiger partial charge in [0.05, 0.1) is 17.6 Å². The Hall–Kier alpha value is -2.49. The number of carbonyl (C=O) groups is 1. The standard InChI is InChI=1S/C17H17N3O/c1-20-17-7-3-2-6-15(17)16(19-20)11-14(21)9-8-13-5-4-10-18-12-13/h2-7,10,12H,8-9,11H2,1H3. The van der Waals surface area contributed by atoms with Gasteiger partial charge in [0, 0.05) is 31.2 Å². The molecule has 0 amide bonds. The van der Waals surface area contributed by atoms with Gasteiger partial charge in [0.2, 0.25) is 0 Å². The Morgan fingerprint density at radius 3 is 2.86 bits per heavy atom. The molecular weight excluding hydrogens is 262 g/mol. The Morgan fingerprint density at radius 1 is 1.19 bits per heavy atom. The van der Waals surface area contributed by atoms with E-state index in [4.69, 9.17) is 0 Å². The number of nitrogens with zero attached hydrogens (tertiary/aromatic N) is 3. The van der Waals surface area contributed by atoms with Crippen LogP contribution in [0.15, 0.2) is 48.8 Å². The fourth-order valence-corrected chi connectivity index (χ4v) is 2.52. The van der Waals surface area contributed by atoms with Crippen LogP contribution < -0.4 is 0 Å². The highest BCUT2D eigenvalue weighted by Crippen LogP contribution is 2.18. The fourth-order valence-electron chi connectivity index (χ4n) is 2.52. The van der Waals surface area contributed by atoms with Crippen molar-refractivity contribution in [2.75, 3.05) is 0 Å². The summed E-state index contributed by atoms with van der Waals surface area (Å²) in [6.45, 7) is 0. The number of hydrogen-bond acceptors (Lipinski definition) is 3. The van der Waals surface area contributed by atoms with Gasteiger partial charge in [-0.2, -0.15) is 5.10 Å². The van der Waals surface area contributed by atoms with E-state index in [-0.39, 0.29) is 5.78 Å². The minimum absolute atomic E-state index is 0.211. The highest BCUT2D eigenvalue weighted by molar-refractivity contribution is 5.88. The van der Waals surface area contributed by atoms with Gasteiger partial charge >= 0.3 is 0 Å². The van der Waals surface area contributed by atoms with Crippen LogP contribution in [-0.4, -0.2) is 20.5 Å². The lowest BCUT2D eigenvalue weighted by atomic mass is 10.0. The molecule has 0 aliphatic heterocycles. The van der Waals surface area contributed by atoms with Crippen LogP contribution in [0.3, 0.4) is 0 Å². The van der Waals surface area contributed by atoms with Crippen molar-refractivity contribution >= 4 is 16.7 Å². The van der Waals surface area contributed by atoms with E-state index in [1.165, 1.54) is 0 Å². The van der Waals surface area contributed by atoms with E-state index in [1.54, 1.807) is 6.20 Å². The molecule has 0 unspecified atom stereocenters. The Kier molecular flexibility index (Phi) is 3.77. The second-order valence-corrected chi connectivity index (χ2v) is 5.16. The van der Waals surface area contributed by atoms with Gasteiger partial charge in [-0.25, -0.2) is 0 Å². The summed E-state index contributed by atoms with van der Waals surface area (Å²) in [4.78, 5) is 16.2. The zero-order chi connectivity index (χ0) is 14.7. The van der Waals surface area contributed by atoms with Gasteiger partial charge in [-0.05, 0) is 24.1 Å². The van der Waals surface area contributed by atoms with Crippen LogP contribution in [0.25, 0.3) is 10.9 Å². The highest BCUT2D eigenvalue weighted by atomic mass is 16.1. The van der Waals surface area contributed by atoms with Crippen molar-refractivity contribution in [1.82, 2.24) is 14.8 Å². The number of carbonyl (C=O) groups excluding carboxylic acids is 1. The highest BCUT2D eigenvalue weighted by Gasteiger charge is 2.12. The topological polar surface area (TPSA) is 47.8 Å². The Balaban J connectivity index is 1.69. The van der Waals surface area contributed by atoms with E-state index in [9.17, 15) is 4.79 Å². The number of hydrogen-bond donors (Lipinski definition) is 0. The van der Waals surface area contributed by atoms with Crippen LogP contribution >= 0.6 is 0 Å². The summed E-state index contributed by atoms with van der Waals surface area (Å²) in [7, 11) is 1.91. The van der Waals surface area contributed by atoms with Crippen molar-refractivity contribution in [3.8, 4) is 0 Å². The molecule has 0 aliphatic rings. The fraction of sp³-hybridized carbons (Fsp3) is 0.235. The molecule has 2 heterocycles. The lowest BCUT2D eigenvalue weighted by Crippen LogP contribution is -2.05. The minimum Gasteiger partial charge on any atom is -0.299 e. The van der Waals surface area contributed by atoms with E-state index < -0.39 is 0 Å². The van der Waals surface area contributed by atoms with Gasteiger partial charge < -0.3 is 0 Å². The average molecular weight is 279 g/mol. The third-order valence-corrected chi connectivity index (χ3v) is 3.61. The van der Waals surface area contributed by atoms with Gasteiger partial charge in [0.15, 0.2) is 0 Å². The molecule has 0 saturated heterocycles. The predicted octanol–water partition coefficient (Wildman–Crippen LogP) is 2.71. The van der Waals surface area contributed by atoms with Gasteiger partial charge in [-0.1, -0.05) is 24.3 Å². The average Bonchev–Trinajstić information content (AvgIpc) is 2.83. The Morgan fingerprint density at radius 2 is 2.05 bits per heavy atom. The molecule has 0 aliphatic carbocycles. The van der Waals surface area contributed by atoms with Gasteiger partial charge in [-0.3, -0.25) is 14.5 Å². The van der Waals surface area contributed by atoms with Crippen molar-refractivity contribution in [2.45, 2.75) is 19.3 Å². The van der Waals surface area contributed by atoms with Crippen molar-refractivity contribution < 1.29 is 4.79 Å². The van der Waals surface area contributed by atoms with Gasteiger partial charge in [0.1, 0.15) is 5.78 Å². The summed E-state index contributed by atoms with van der Waals surface area (Å²) < 4.78 is 1.83. The first kappa shape index (κ1) is 13.5. The van der Waals surface area contributed by atoms with Crippen molar-refractivity contribution in [3.63, 3.8) is 0 Å². The van der Waals surface area contributed by atoms with E-state index in [0.29, 0.717) is 12.8 Å². The second-order valence-electron chi connectivity index (χ2n) is 5.16. The smallest absolute Gasteiger partial charge is 0.139 e. The first-order chi connectivity index (χ1) is 10.2. The number of aryl methyl sites for hydroxylation is 2. The maximum absolute atomic E-state index is 12.2. The Bertz CT molecular complexity index is 762. The molecule has 1 aromatic carbocycles. The monoisotopic (exact) mass is 279 g/mol. The van der Waals surface area contributed by atoms with E-state index in [0.717, 1.165) is 28.6 Å². The maximum Gasteiger partial charge on any atom is 0.139 e. The normalized spacial score (nSPS) is 10.9. The van der Waals surface area contributed by atoms with Crippen molar-refractivity contribution in [2.24, 2.45) is 7.05 Å². The molecule has 0 bridgehead atoms. The summed E-state index contributed by atoms with van der Waals surface area (Å²) in [6, 6.07) is 11.9. The van der Waals surface area contributed by atoms with Gasteiger partial charge in [-0.15, -0.1) is 0 Å². The van der Waals surface area contributed by atoms with Gasteiger partial charge in [0.25, 0.3) is 0 Å². The van der Waals surface area contributed by atoms with E-state index in [1.807, 2.05) is 54.3 Å². The maximum atomic E-state index is 12.2. The third-order valence-electron chi connectivity index (χ3n) is 3.61. The number of ketones is 1. The molecule has 3 rings (SSSR count). The van der Waals surface area contributed by atoms with Crippen LogP contribution in [0.4, 0.5) is 0 Å². The first-order valence-corrected chi connectivity index (χ1v) is 7.05. The molecule has 4 nitrogen and oxygen atoms in total. The lowest BCUT2D eigenvalue weighted by molar-refractivity contribution is -0.118. The molecule has 21 heavy (non-hydrogen) atoms. The molecule has 2 aromatic heterocycles. The van der Waals surface area contributed by atoms with Crippen molar-refractivity contribution in [3.05, 3.63) is 60.0 Å². The first-order valence-electron chi connectivity index (χ1n) is 7.05. The van der Waals surface area contributed by atoms with E-state index in [2.05, 4.69) is 10.1 Å². The zero-order valence-electron chi connectivity index (χ0n) is 12.0. The molecular formula is C17H17N3O. The summed E-state index contributed by atoms with van der Waals surface area (Å²) in [5, 5.41) is 5.53. The third kappa shape index (κ3) is 2.99. The number of fused-ring (bicyclic) bond motifs is 1. The SMILES string of the molecule is Cn1nc(CC(=O)CCc2cccnc2)c2ccccc21. The minimum atomic E-state index is 0.211. The van der Waals surface area contributed by atoms with Crippen LogP contribution in [0, 0.1) is 0 Å². The van der Waals surface area contributed by atoms with Crippen LogP contribution in [0.1, 0.15) is 17.7 Å². The number of rotatable bonds is 5. The van der Waals surface area contributed by atoms with Crippen molar-refractivity contribution in [1.29, 1.82) is 0 Å². The van der Waals surface area contributed by atoms with E-state index >= 15 is 0 Å². The zero-order valence-corrected chi connectivity index (χ0v) is 12.0. The number of aromatic nitrogens is 3. The van der Waals surface area contributed by atoms with Crippen LogP contribution in [0.2, 0.25) is 0 Å². The molecule has 0 spiro atoms. The molecule has 0 atom stereocenters. The second kappa shape index (κ2) is 5.87. The van der Waals surface area contributed by atoms with Crippen LogP contribution in [-0.2, 0) is 24.7 Å². The number of para-hydroxylation sites is 1. The largest absolute Gasteiger partial charge is 0.299 e.